The minimum atomic E-state index is 0.256. The van der Waals surface area contributed by atoms with Crippen molar-refractivity contribution in [2.45, 2.75) is 13.8 Å². The van der Waals surface area contributed by atoms with Crippen LogP contribution in [0.1, 0.15) is 16.8 Å². The summed E-state index contributed by atoms with van der Waals surface area (Å²) in [5.41, 5.74) is 8.16. The first-order valence-electron chi connectivity index (χ1n) is 5.62. The third-order valence-electron chi connectivity index (χ3n) is 2.59. The topological polar surface area (TPSA) is 71.9 Å². The number of ether oxygens (including phenoxy) is 1. The molecule has 2 aromatic rings. The van der Waals surface area contributed by atoms with Gasteiger partial charge in [-0.3, -0.25) is 0 Å². The zero-order valence-electron chi connectivity index (χ0n) is 10.6. The van der Waals surface area contributed by atoms with Crippen molar-refractivity contribution in [2.75, 3.05) is 5.73 Å². The van der Waals surface area contributed by atoms with Gasteiger partial charge in [-0.25, -0.2) is 4.98 Å². The number of halogens is 1. The second kappa shape index (κ2) is 5.17. The van der Waals surface area contributed by atoms with Gasteiger partial charge in [0.1, 0.15) is 17.4 Å². The Bertz CT molecular complexity index is 677. The highest BCUT2D eigenvalue weighted by Crippen LogP contribution is 2.32. The Balaban J connectivity index is 2.46. The first-order valence-corrected chi connectivity index (χ1v) is 6.00. The molecule has 0 aliphatic rings. The van der Waals surface area contributed by atoms with E-state index >= 15 is 0 Å². The van der Waals surface area contributed by atoms with Gasteiger partial charge in [-0.15, -0.1) is 0 Å². The number of hydrogen-bond donors (Lipinski definition) is 1. The van der Waals surface area contributed by atoms with Crippen molar-refractivity contribution in [1.29, 1.82) is 5.26 Å². The summed E-state index contributed by atoms with van der Waals surface area (Å²) in [6.07, 6.45) is 0. The number of aryl methyl sites for hydroxylation is 2. The molecule has 0 bridgehead atoms. The maximum absolute atomic E-state index is 9.16. The van der Waals surface area contributed by atoms with Gasteiger partial charge in [-0.1, -0.05) is 11.6 Å². The molecule has 0 aliphatic carbocycles. The van der Waals surface area contributed by atoms with E-state index in [-0.39, 0.29) is 5.88 Å². The maximum Gasteiger partial charge on any atom is 0.237 e. The number of hydrogen-bond acceptors (Lipinski definition) is 4. The van der Waals surface area contributed by atoms with Crippen molar-refractivity contribution in [3.63, 3.8) is 0 Å². The van der Waals surface area contributed by atoms with Crippen molar-refractivity contribution in [2.24, 2.45) is 0 Å². The Kier molecular flexibility index (Phi) is 3.59. The fourth-order valence-electron chi connectivity index (χ4n) is 1.72. The third kappa shape index (κ3) is 2.78. The average Bonchev–Trinajstić information content (AvgIpc) is 2.32. The van der Waals surface area contributed by atoms with Crippen LogP contribution in [-0.2, 0) is 0 Å². The van der Waals surface area contributed by atoms with Crippen LogP contribution in [0.25, 0.3) is 0 Å². The molecule has 0 radical (unpaired) electrons. The van der Waals surface area contributed by atoms with E-state index in [4.69, 9.17) is 27.3 Å². The SMILES string of the molecule is Cc1cc(C)c(C#N)c(Oc2ccc(N)cc2Cl)n1. The van der Waals surface area contributed by atoms with Crippen LogP contribution < -0.4 is 10.5 Å². The van der Waals surface area contributed by atoms with E-state index in [9.17, 15) is 0 Å². The molecule has 0 spiro atoms. The fraction of sp³-hybridized carbons (Fsp3) is 0.143. The van der Waals surface area contributed by atoms with Crippen molar-refractivity contribution < 1.29 is 4.74 Å². The predicted octanol–water partition coefficient (Wildman–Crippen LogP) is 3.60. The van der Waals surface area contributed by atoms with Gasteiger partial charge in [-0.2, -0.15) is 5.26 Å². The lowest BCUT2D eigenvalue weighted by Gasteiger charge is -2.10. The molecule has 5 heteroatoms. The molecule has 1 aromatic heterocycles. The third-order valence-corrected chi connectivity index (χ3v) is 2.88. The molecular formula is C14H12ClN3O. The zero-order chi connectivity index (χ0) is 14.0. The maximum atomic E-state index is 9.16. The highest BCUT2D eigenvalue weighted by Gasteiger charge is 2.12. The van der Waals surface area contributed by atoms with Crippen LogP contribution in [0.15, 0.2) is 24.3 Å². The number of benzene rings is 1. The lowest BCUT2D eigenvalue weighted by molar-refractivity contribution is 0.459. The highest BCUT2D eigenvalue weighted by atomic mass is 35.5. The summed E-state index contributed by atoms with van der Waals surface area (Å²) in [7, 11) is 0. The molecule has 2 N–H and O–H groups in total. The van der Waals surface area contributed by atoms with Gasteiger partial charge in [0.15, 0.2) is 0 Å². The fourth-order valence-corrected chi connectivity index (χ4v) is 1.94. The molecule has 0 saturated heterocycles. The lowest BCUT2D eigenvalue weighted by atomic mass is 10.1. The van der Waals surface area contributed by atoms with Crippen LogP contribution in [0.5, 0.6) is 11.6 Å². The first kappa shape index (κ1) is 13.2. The van der Waals surface area contributed by atoms with Gasteiger partial charge in [0.05, 0.1) is 5.02 Å². The molecule has 0 unspecified atom stereocenters. The van der Waals surface area contributed by atoms with E-state index in [0.717, 1.165) is 11.3 Å². The van der Waals surface area contributed by atoms with Crippen molar-refractivity contribution in [3.8, 4) is 17.7 Å². The number of nitriles is 1. The van der Waals surface area contributed by atoms with Gasteiger partial charge in [-0.05, 0) is 43.7 Å². The number of nitrogens with zero attached hydrogens (tertiary/aromatic N) is 2. The average molecular weight is 274 g/mol. The van der Waals surface area contributed by atoms with Crippen LogP contribution in [0, 0.1) is 25.2 Å². The monoisotopic (exact) mass is 273 g/mol. The lowest BCUT2D eigenvalue weighted by Crippen LogP contribution is -1.97. The zero-order valence-corrected chi connectivity index (χ0v) is 11.3. The Morgan fingerprint density at radius 3 is 2.68 bits per heavy atom. The van der Waals surface area contributed by atoms with E-state index in [2.05, 4.69) is 11.1 Å². The number of pyridine rings is 1. The van der Waals surface area contributed by atoms with Crippen LogP contribution >= 0.6 is 11.6 Å². The van der Waals surface area contributed by atoms with Gasteiger partial charge in [0, 0.05) is 11.4 Å². The summed E-state index contributed by atoms with van der Waals surface area (Å²) in [6.45, 7) is 3.68. The molecular weight excluding hydrogens is 262 g/mol. The van der Waals surface area contributed by atoms with E-state index in [1.165, 1.54) is 0 Å². The molecule has 1 aromatic carbocycles. The van der Waals surface area contributed by atoms with Crippen molar-refractivity contribution >= 4 is 17.3 Å². The second-order valence-corrected chi connectivity index (χ2v) is 4.57. The number of nitrogen functional groups attached to an aromatic ring is 1. The summed E-state index contributed by atoms with van der Waals surface area (Å²) in [5.74, 6) is 0.677. The summed E-state index contributed by atoms with van der Waals surface area (Å²) >= 11 is 6.04. The number of anilines is 1. The van der Waals surface area contributed by atoms with E-state index in [1.54, 1.807) is 18.2 Å². The van der Waals surface area contributed by atoms with E-state index in [0.29, 0.717) is 22.0 Å². The number of nitrogens with two attached hydrogens (primary N) is 1. The molecule has 2 rings (SSSR count). The van der Waals surface area contributed by atoms with Crippen LogP contribution in [0.4, 0.5) is 5.69 Å². The number of rotatable bonds is 2. The number of aromatic nitrogens is 1. The quantitative estimate of drug-likeness (QED) is 0.849. The molecule has 96 valence electrons. The van der Waals surface area contributed by atoms with Crippen LogP contribution in [0.2, 0.25) is 5.02 Å². The molecule has 0 saturated carbocycles. The summed E-state index contributed by atoms with van der Waals surface area (Å²) < 4.78 is 5.63. The molecule has 0 atom stereocenters. The molecule has 0 aliphatic heterocycles. The van der Waals surface area contributed by atoms with Crippen LogP contribution in [-0.4, -0.2) is 4.98 Å². The summed E-state index contributed by atoms with van der Waals surface area (Å²) in [6, 6.07) is 8.83. The predicted molar refractivity (Wildman–Crippen MR) is 74.4 cm³/mol. The van der Waals surface area contributed by atoms with Gasteiger partial charge in [0.2, 0.25) is 5.88 Å². The van der Waals surface area contributed by atoms with Gasteiger partial charge in [0.25, 0.3) is 0 Å². The minimum Gasteiger partial charge on any atom is -0.436 e. The summed E-state index contributed by atoms with van der Waals surface area (Å²) in [5, 5.41) is 9.54. The van der Waals surface area contributed by atoms with E-state index < -0.39 is 0 Å². The second-order valence-electron chi connectivity index (χ2n) is 4.16. The minimum absolute atomic E-state index is 0.256. The Labute approximate surface area is 116 Å². The summed E-state index contributed by atoms with van der Waals surface area (Å²) in [4.78, 5) is 4.23. The standard InChI is InChI=1S/C14H12ClN3O/c1-8-5-9(2)18-14(11(8)7-16)19-13-4-3-10(17)6-12(13)15/h3-6H,17H2,1-2H3. The molecule has 0 fully saturated rings. The molecule has 19 heavy (non-hydrogen) atoms. The van der Waals surface area contributed by atoms with Crippen LogP contribution in [0.3, 0.4) is 0 Å². The van der Waals surface area contributed by atoms with Crippen molar-refractivity contribution in [3.05, 3.63) is 46.1 Å². The Hall–Kier alpha value is -2.25. The normalized spacial score (nSPS) is 10.0. The molecule has 0 amide bonds. The Morgan fingerprint density at radius 1 is 1.32 bits per heavy atom. The van der Waals surface area contributed by atoms with Crippen molar-refractivity contribution in [1.82, 2.24) is 4.98 Å². The largest absolute Gasteiger partial charge is 0.436 e. The molecule has 4 nitrogen and oxygen atoms in total. The smallest absolute Gasteiger partial charge is 0.237 e. The van der Waals surface area contributed by atoms with E-state index in [1.807, 2.05) is 19.9 Å². The first-order chi connectivity index (χ1) is 9.01. The van der Waals surface area contributed by atoms with Gasteiger partial charge < -0.3 is 10.5 Å². The van der Waals surface area contributed by atoms with Gasteiger partial charge >= 0.3 is 0 Å². The highest BCUT2D eigenvalue weighted by molar-refractivity contribution is 6.32. The molecule has 1 heterocycles. The Morgan fingerprint density at radius 2 is 2.05 bits per heavy atom.